The van der Waals surface area contributed by atoms with Crippen molar-refractivity contribution in [2.45, 2.75) is 12.5 Å². The summed E-state index contributed by atoms with van der Waals surface area (Å²) in [6, 6.07) is 13.2. The number of hydrogen-bond donors (Lipinski definition) is 1. The average Bonchev–Trinajstić information content (AvgIpc) is 2.83. The molecule has 0 spiro atoms. The molecule has 2 amide bonds. The Kier molecular flexibility index (Phi) is 3.75. The predicted octanol–water partition coefficient (Wildman–Crippen LogP) is 2.00. The van der Waals surface area contributed by atoms with Gasteiger partial charge in [0.05, 0.1) is 11.6 Å². The van der Waals surface area contributed by atoms with Crippen molar-refractivity contribution in [1.29, 1.82) is 5.26 Å². The number of hydrogen-bond acceptors (Lipinski definition) is 3. The summed E-state index contributed by atoms with van der Waals surface area (Å²) in [6.07, 6.45) is 1.25. The molecule has 5 nitrogen and oxygen atoms in total. The lowest BCUT2D eigenvalue weighted by atomic mass is 9.98. The van der Waals surface area contributed by atoms with Crippen LogP contribution in [0.2, 0.25) is 0 Å². The molecular weight excluding hydrogens is 278 g/mol. The van der Waals surface area contributed by atoms with Crippen molar-refractivity contribution in [2.24, 2.45) is 0 Å². The van der Waals surface area contributed by atoms with Gasteiger partial charge in [0.2, 0.25) is 6.41 Å². The van der Waals surface area contributed by atoms with Gasteiger partial charge in [-0.15, -0.1) is 0 Å². The fraction of sp³-hybridized carbons (Fsp3) is 0.235. The van der Waals surface area contributed by atoms with E-state index >= 15 is 0 Å². The molecule has 2 aromatic rings. The quantitative estimate of drug-likeness (QED) is 0.677. The molecule has 0 aromatic heterocycles. The number of carbonyl (C=O) groups is 2. The molecule has 0 fully saturated rings. The van der Waals surface area contributed by atoms with Crippen LogP contribution in [0.4, 0.5) is 0 Å². The Bertz CT molecular complexity index is 779. The van der Waals surface area contributed by atoms with Crippen LogP contribution in [-0.2, 0) is 4.79 Å². The van der Waals surface area contributed by atoms with E-state index in [-0.39, 0.29) is 5.91 Å². The number of rotatable bonds is 5. The zero-order valence-corrected chi connectivity index (χ0v) is 12.0. The van der Waals surface area contributed by atoms with E-state index in [2.05, 4.69) is 11.4 Å². The third kappa shape index (κ3) is 2.19. The molecule has 0 aliphatic carbocycles. The van der Waals surface area contributed by atoms with Gasteiger partial charge in [0, 0.05) is 18.7 Å². The summed E-state index contributed by atoms with van der Waals surface area (Å²) in [4.78, 5) is 24.6. The minimum Gasteiger partial charge on any atom is -0.359 e. The molecule has 0 saturated carbocycles. The van der Waals surface area contributed by atoms with Gasteiger partial charge in [-0.1, -0.05) is 36.4 Å². The molecule has 1 atom stereocenters. The van der Waals surface area contributed by atoms with Crippen LogP contribution < -0.4 is 5.32 Å². The lowest BCUT2D eigenvalue weighted by Gasteiger charge is -2.19. The van der Waals surface area contributed by atoms with Crippen molar-refractivity contribution in [3.8, 4) is 6.07 Å². The molecule has 1 heterocycles. The van der Waals surface area contributed by atoms with Crippen molar-refractivity contribution >= 4 is 23.1 Å². The molecule has 2 aromatic carbocycles. The molecule has 0 saturated heterocycles. The van der Waals surface area contributed by atoms with E-state index < -0.39 is 6.04 Å². The summed E-state index contributed by atoms with van der Waals surface area (Å²) in [7, 11) is 0. The minimum absolute atomic E-state index is 0.107. The smallest absolute Gasteiger partial charge is 0.256 e. The second kappa shape index (κ2) is 5.86. The van der Waals surface area contributed by atoms with Gasteiger partial charge in [-0.2, -0.15) is 5.26 Å². The third-order valence-electron chi connectivity index (χ3n) is 3.97. The molecule has 22 heavy (non-hydrogen) atoms. The maximum Gasteiger partial charge on any atom is 0.256 e. The van der Waals surface area contributed by atoms with Crippen LogP contribution in [0.25, 0.3) is 10.8 Å². The Balaban J connectivity index is 1.97. The lowest BCUT2D eigenvalue weighted by molar-refractivity contribution is -0.109. The summed E-state index contributed by atoms with van der Waals surface area (Å²) in [5.74, 6) is -0.107. The van der Waals surface area contributed by atoms with Gasteiger partial charge >= 0.3 is 0 Å². The van der Waals surface area contributed by atoms with Crippen LogP contribution in [0, 0.1) is 11.3 Å². The molecule has 1 N–H and O–H groups in total. The maximum absolute atomic E-state index is 12.7. The lowest BCUT2D eigenvalue weighted by Crippen LogP contribution is -2.30. The first-order valence-electron chi connectivity index (χ1n) is 7.17. The molecule has 0 bridgehead atoms. The molecule has 3 rings (SSSR count). The highest BCUT2D eigenvalue weighted by Crippen LogP contribution is 2.37. The fourth-order valence-corrected chi connectivity index (χ4v) is 2.96. The molecular formula is C17H15N3O2. The largest absolute Gasteiger partial charge is 0.359 e. The SMILES string of the molecule is N#CC1c2ccc3ccccc3c2C(=O)N1CCCNC=O. The van der Waals surface area contributed by atoms with Crippen molar-refractivity contribution in [3.63, 3.8) is 0 Å². The van der Waals surface area contributed by atoms with Crippen molar-refractivity contribution < 1.29 is 9.59 Å². The van der Waals surface area contributed by atoms with Crippen LogP contribution in [0.5, 0.6) is 0 Å². The normalized spacial score (nSPS) is 16.4. The van der Waals surface area contributed by atoms with Gasteiger partial charge in [0.1, 0.15) is 6.04 Å². The number of nitrogens with one attached hydrogen (secondary N) is 1. The highest BCUT2D eigenvalue weighted by atomic mass is 16.2. The molecule has 1 aliphatic heterocycles. The van der Waals surface area contributed by atoms with Gasteiger partial charge in [0.15, 0.2) is 0 Å². The van der Waals surface area contributed by atoms with Crippen molar-refractivity contribution in [2.75, 3.05) is 13.1 Å². The van der Waals surface area contributed by atoms with E-state index in [1.54, 1.807) is 4.90 Å². The van der Waals surface area contributed by atoms with E-state index in [0.717, 1.165) is 16.3 Å². The maximum atomic E-state index is 12.7. The van der Waals surface area contributed by atoms with E-state index in [0.29, 0.717) is 31.5 Å². The van der Waals surface area contributed by atoms with E-state index in [1.165, 1.54) is 0 Å². The highest BCUT2D eigenvalue weighted by molar-refractivity contribution is 6.11. The van der Waals surface area contributed by atoms with Crippen LogP contribution in [0.15, 0.2) is 36.4 Å². The number of carbonyl (C=O) groups excluding carboxylic acids is 2. The monoisotopic (exact) mass is 293 g/mol. The molecule has 0 radical (unpaired) electrons. The van der Waals surface area contributed by atoms with Crippen LogP contribution >= 0.6 is 0 Å². The number of benzene rings is 2. The molecule has 1 unspecified atom stereocenters. The van der Waals surface area contributed by atoms with Crippen LogP contribution in [0.1, 0.15) is 28.4 Å². The molecule has 5 heteroatoms. The van der Waals surface area contributed by atoms with Crippen molar-refractivity contribution in [1.82, 2.24) is 10.2 Å². The standard InChI is InChI=1S/C17H15N3O2/c18-10-15-14-7-6-12-4-1-2-5-13(12)16(14)17(22)20(15)9-3-8-19-11-21/h1-2,4-7,11,15H,3,8-9H2,(H,19,21). The summed E-state index contributed by atoms with van der Waals surface area (Å²) in [5.41, 5.74) is 1.41. The second-order valence-corrected chi connectivity index (χ2v) is 5.21. The predicted molar refractivity (Wildman–Crippen MR) is 82.0 cm³/mol. The number of fused-ring (bicyclic) bond motifs is 3. The van der Waals surface area contributed by atoms with E-state index in [1.807, 2.05) is 36.4 Å². The second-order valence-electron chi connectivity index (χ2n) is 5.21. The first-order valence-corrected chi connectivity index (χ1v) is 7.17. The Morgan fingerprint density at radius 3 is 2.86 bits per heavy atom. The topological polar surface area (TPSA) is 73.2 Å². The molecule has 1 aliphatic rings. The van der Waals surface area contributed by atoms with Gasteiger partial charge in [-0.05, 0) is 17.2 Å². The first kappa shape index (κ1) is 14.1. The first-order chi connectivity index (χ1) is 10.8. The third-order valence-corrected chi connectivity index (χ3v) is 3.97. The summed E-state index contributed by atoms with van der Waals surface area (Å²) >= 11 is 0. The van der Waals surface area contributed by atoms with E-state index in [4.69, 9.17) is 0 Å². The number of nitriles is 1. The summed E-state index contributed by atoms with van der Waals surface area (Å²) < 4.78 is 0. The zero-order valence-electron chi connectivity index (χ0n) is 12.0. The van der Waals surface area contributed by atoms with Crippen molar-refractivity contribution in [3.05, 3.63) is 47.5 Å². The van der Waals surface area contributed by atoms with Gasteiger partial charge in [0.25, 0.3) is 5.91 Å². The van der Waals surface area contributed by atoms with E-state index in [9.17, 15) is 14.9 Å². The Hall–Kier alpha value is -2.87. The Morgan fingerprint density at radius 1 is 1.27 bits per heavy atom. The number of amides is 2. The van der Waals surface area contributed by atoms with Crippen LogP contribution in [-0.4, -0.2) is 30.3 Å². The Labute approximate surface area is 128 Å². The molecule has 110 valence electrons. The van der Waals surface area contributed by atoms with Gasteiger partial charge < -0.3 is 10.2 Å². The highest BCUT2D eigenvalue weighted by Gasteiger charge is 2.37. The minimum atomic E-state index is -0.552. The fourth-order valence-electron chi connectivity index (χ4n) is 2.96. The van der Waals surface area contributed by atoms with Crippen LogP contribution in [0.3, 0.4) is 0 Å². The average molecular weight is 293 g/mol. The zero-order chi connectivity index (χ0) is 15.5. The Morgan fingerprint density at radius 2 is 2.09 bits per heavy atom. The number of nitrogens with zero attached hydrogens (tertiary/aromatic N) is 2. The summed E-state index contributed by atoms with van der Waals surface area (Å²) in [6.45, 7) is 0.934. The van der Waals surface area contributed by atoms with Gasteiger partial charge in [-0.3, -0.25) is 9.59 Å². The summed E-state index contributed by atoms with van der Waals surface area (Å²) in [5, 5.41) is 13.9. The van der Waals surface area contributed by atoms with Gasteiger partial charge in [-0.25, -0.2) is 0 Å².